The summed E-state index contributed by atoms with van der Waals surface area (Å²) in [7, 11) is 1.57. The lowest BCUT2D eigenvalue weighted by Gasteiger charge is -2.10. The maximum Gasteiger partial charge on any atom is 0.269 e. The van der Waals surface area contributed by atoms with Crippen molar-refractivity contribution < 1.29 is 9.18 Å². The van der Waals surface area contributed by atoms with Crippen LogP contribution in [0.1, 0.15) is 28.9 Å². The Labute approximate surface area is 157 Å². The zero-order chi connectivity index (χ0) is 18.8. The van der Waals surface area contributed by atoms with Crippen LogP contribution in [-0.2, 0) is 5.54 Å². The third-order valence-corrected chi connectivity index (χ3v) is 6.07. The number of fused-ring (bicyclic) bond motifs is 3. The maximum absolute atomic E-state index is 14.7. The Morgan fingerprint density at radius 2 is 2.19 bits per heavy atom. The number of halogens is 1. The van der Waals surface area contributed by atoms with Crippen molar-refractivity contribution in [1.29, 1.82) is 0 Å². The first kappa shape index (κ1) is 16.3. The molecule has 8 heteroatoms. The van der Waals surface area contributed by atoms with Gasteiger partial charge in [-0.25, -0.2) is 14.4 Å². The van der Waals surface area contributed by atoms with E-state index in [9.17, 15) is 9.18 Å². The minimum Gasteiger partial charge on any atom is -0.354 e. The number of aromatic nitrogens is 3. The highest BCUT2D eigenvalue weighted by Gasteiger charge is 2.40. The molecule has 1 aliphatic rings. The van der Waals surface area contributed by atoms with E-state index >= 15 is 0 Å². The number of hydrogen-bond acceptors (Lipinski definition) is 5. The van der Waals surface area contributed by atoms with Crippen molar-refractivity contribution in [3.63, 3.8) is 0 Å². The van der Waals surface area contributed by atoms with E-state index in [0.29, 0.717) is 17.0 Å². The van der Waals surface area contributed by atoms with Crippen LogP contribution in [0.25, 0.3) is 26.4 Å². The quantitative estimate of drug-likeness (QED) is 0.571. The zero-order valence-corrected chi connectivity index (χ0v) is 15.3. The molecule has 0 radical (unpaired) electrons. The van der Waals surface area contributed by atoms with E-state index in [1.54, 1.807) is 31.6 Å². The number of benzene rings is 1. The van der Waals surface area contributed by atoms with Gasteiger partial charge >= 0.3 is 0 Å². The topological polar surface area (TPSA) is 85.3 Å². The molecule has 3 aromatic heterocycles. The summed E-state index contributed by atoms with van der Waals surface area (Å²) in [6.45, 7) is 0. The van der Waals surface area contributed by atoms with Crippen molar-refractivity contribution in [1.82, 2.24) is 19.7 Å². The molecule has 1 aromatic carbocycles. The Morgan fingerprint density at radius 3 is 2.89 bits per heavy atom. The first-order valence-electron chi connectivity index (χ1n) is 8.57. The van der Waals surface area contributed by atoms with Crippen molar-refractivity contribution in [3.8, 4) is 11.3 Å². The predicted molar refractivity (Wildman–Crippen MR) is 102 cm³/mol. The minimum atomic E-state index is -0.363. The van der Waals surface area contributed by atoms with Gasteiger partial charge in [0.2, 0.25) is 0 Å². The second-order valence-corrected chi connectivity index (χ2v) is 7.86. The first-order valence-corrected chi connectivity index (χ1v) is 9.39. The van der Waals surface area contributed by atoms with Gasteiger partial charge in [0.25, 0.3) is 5.91 Å². The third kappa shape index (κ3) is 2.52. The minimum absolute atomic E-state index is 0.237. The average Bonchev–Trinajstić information content (AvgIpc) is 3.15. The van der Waals surface area contributed by atoms with Gasteiger partial charge in [-0.3, -0.25) is 9.20 Å². The number of imidazole rings is 1. The number of thiazole rings is 1. The van der Waals surface area contributed by atoms with Crippen LogP contribution in [0.4, 0.5) is 4.39 Å². The molecule has 1 saturated carbocycles. The average molecular weight is 381 g/mol. The maximum atomic E-state index is 14.7. The molecule has 0 unspecified atom stereocenters. The van der Waals surface area contributed by atoms with Gasteiger partial charge in [0, 0.05) is 24.3 Å². The summed E-state index contributed by atoms with van der Waals surface area (Å²) in [6, 6.07) is 6.88. The van der Waals surface area contributed by atoms with Gasteiger partial charge in [0.15, 0.2) is 4.96 Å². The number of pyridine rings is 1. The molecular formula is C19H16FN5OS. The van der Waals surface area contributed by atoms with Crippen molar-refractivity contribution in [3.05, 3.63) is 53.7 Å². The van der Waals surface area contributed by atoms with E-state index in [1.165, 1.54) is 17.4 Å². The van der Waals surface area contributed by atoms with Crippen molar-refractivity contribution in [2.75, 3.05) is 7.05 Å². The summed E-state index contributed by atoms with van der Waals surface area (Å²) >= 11 is 1.43. The molecule has 27 heavy (non-hydrogen) atoms. The van der Waals surface area contributed by atoms with Crippen LogP contribution in [0.5, 0.6) is 0 Å². The van der Waals surface area contributed by atoms with E-state index in [4.69, 9.17) is 5.73 Å². The molecule has 3 heterocycles. The van der Waals surface area contributed by atoms with Crippen LogP contribution in [0.2, 0.25) is 0 Å². The third-order valence-electron chi connectivity index (χ3n) is 5.05. The van der Waals surface area contributed by atoms with Crippen molar-refractivity contribution >= 4 is 32.4 Å². The Hall–Kier alpha value is -2.84. The molecular weight excluding hydrogens is 365 g/mol. The van der Waals surface area contributed by atoms with Crippen molar-refractivity contribution in [2.24, 2.45) is 5.73 Å². The summed E-state index contributed by atoms with van der Waals surface area (Å²) in [5, 5.41) is 2.56. The van der Waals surface area contributed by atoms with Gasteiger partial charge < -0.3 is 11.1 Å². The van der Waals surface area contributed by atoms with Gasteiger partial charge in [-0.2, -0.15) is 0 Å². The second-order valence-electron chi connectivity index (χ2n) is 6.85. The summed E-state index contributed by atoms with van der Waals surface area (Å²) in [5.41, 5.74) is 8.82. The van der Waals surface area contributed by atoms with Crippen LogP contribution in [0.15, 0.2) is 36.7 Å². The Kier molecular flexibility index (Phi) is 3.38. The Bertz CT molecular complexity index is 1220. The number of hydrogen-bond donors (Lipinski definition) is 2. The lowest BCUT2D eigenvalue weighted by molar-refractivity contribution is 0.0958. The fraction of sp³-hybridized carbons (Fsp3) is 0.211. The number of nitrogens with zero attached hydrogens (tertiary/aromatic N) is 3. The predicted octanol–water partition coefficient (Wildman–Crippen LogP) is 3.06. The monoisotopic (exact) mass is 381 g/mol. The van der Waals surface area contributed by atoms with E-state index < -0.39 is 0 Å². The van der Waals surface area contributed by atoms with Crippen molar-refractivity contribution in [2.45, 2.75) is 18.4 Å². The first-order chi connectivity index (χ1) is 13.0. The lowest BCUT2D eigenvalue weighted by atomic mass is 10.0. The zero-order valence-electron chi connectivity index (χ0n) is 14.5. The highest BCUT2D eigenvalue weighted by molar-refractivity contribution is 7.23. The Balaban J connectivity index is 1.58. The largest absolute Gasteiger partial charge is 0.354 e. The van der Waals surface area contributed by atoms with Crippen LogP contribution in [-0.4, -0.2) is 27.3 Å². The van der Waals surface area contributed by atoms with E-state index in [2.05, 4.69) is 15.3 Å². The van der Waals surface area contributed by atoms with E-state index in [0.717, 1.165) is 33.6 Å². The number of nitrogens with two attached hydrogens (primary N) is 1. The second kappa shape index (κ2) is 5.58. The molecule has 6 nitrogen and oxygen atoms in total. The van der Waals surface area contributed by atoms with Crippen LogP contribution in [0, 0.1) is 5.82 Å². The van der Waals surface area contributed by atoms with Crippen LogP contribution >= 0.6 is 11.3 Å². The molecule has 0 spiro atoms. The fourth-order valence-corrected chi connectivity index (χ4v) is 4.25. The normalized spacial score (nSPS) is 15.4. The standard InChI is InChI=1S/C19H16FN5OS/c1-22-17(26)13-7-16-15(8-23-13)25-9-14(24-18(25)27-16)11-3-2-10(6-12(11)20)19(21)4-5-19/h2-3,6-9H,4-5,21H2,1H3,(H,22,26). The van der Waals surface area contributed by atoms with Gasteiger partial charge in [0.1, 0.15) is 11.5 Å². The number of carbonyl (C=O) groups excluding carboxylic acids is 1. The lowest BCUT2D eigenvalue weighted by Crippen LogP contribution is -2.18. The highest BCUT2D eigenvalue weighted by Crippen LogP contribution is 2.43. The molecule has 0 bridgehead atoms. The number of carbonyl (C=O) groups is 1. The van der Waals surface area contributed by atoms with Gasteiger partial charge in [-0.15, -0.1) is 0 Å². The molecule has 0 aliphatic heterocycles. The smallest absolute Gasteiger partial charge is 0.269 e. The number of amides is 1. The molecule has 1 fully saturated rings. The molecule has 3 N–H and O–H groups in total. The summed E-state index contributed by atoms with van der Waals surface area (Å²) in [6.07, 6.45) is 5.22. The molecule has 0 saturated heterocycles. The van der Waals surface area contributed by atoms with Crippen LogP contribution < -0.4 is 11.1 Å². The molecule has 5 rings (SSSR count). The molecule has 136 valence electrons. The molecule has 1 amide bonds. The summed E-state index contributed by atoms with van der Waals surface area (Å²) < 4.78 is 17.4. The molecule has 0 atom stereocenters. The van der Waals surface area contributed by atoms with E-state index in [1.807, 2.05) is 10.5 Å². The van der Waals surface area contributed by atoms with Gasteiger partial charge in [-0.05, 0) is 36.6 Å². The molecule has 1 aliphatic carbocycles. The fourth-order valence-electron chi connectivity index (χ4n) is 3.24. The van der Waals surface area contributed by atoms with Crippen LogP contribution in [0.3, 0.4) is 0 Å². The summed E-state index contributed by atoms with van der Waals surface area (Å²) in [4.78, 5) is 21.2. The number of rotatable bonds is 3. The van der Waals surface area contributed by atoms with Gasteiger partial charge in [0.05, 0.1) is 22.1 Å². The summed E-state index contributed by atoms with van der Waals surface area (Å²) in [5.74, 6) is -0.557. The number of nitrogens with one attached hydrogen (secondary N) is 1. The SMILES string of the molecule is CNC(=O)c1cc2sc3nc(-c4ccc(C5(N)CC5)cc4F)cn3c2cn1. The van der Waals surface area contributed by atoms with E-state index in [-0.39, 0.29) is 17.3 Å². The Morgan fingerprint density at radius 1 is 1.37 bits per heavy atom. The van der Waals surface area contributed by atoms with Gasteiger partial charge in [-0.1, -0.05) is 17.4 Å². The highest BCUT2D eigenvalue weighted by atomic mass is 32.1. The molecule has 4 aromatic rings.